The third kappa shape index (κ3) is 6.97. The van der Waals surface area contributed by atoms with Gasteiger partial charge < -0.3 is 15.1 Å². The Morgan fingerprint density at radius 1 is 1.03 bits per heavy atom. The van der Waals surface area contributed by atoms with Crippen molar-refractivity contribution in [1.82, 2.24) is 10.2 Å². The lowest BCUT2D eigenvalue weighted by Gasteiger charge is -2.37. The highest BCUT2D eigenvalue weighted by atomic mass is 32.2. The summed E-state index contributed by atoms with van der Waals surface area (Å²) >= 11 is 1.64. The van der Waals surface area contributed by atoms with E-state index in [0.717, 1.165) is 17.0 Å². The van der Waals surface area contributed by atoms with Gasteiger partial charge >= 0.3 is 0 Å². The molecule has 2 aromatic carbocycles. The zero-order valence-corrected chi connectivity index (χ0v) is 21.6. The Morgan fingerprint density at radius 3 is 2.14 bits per heavy atom. The van der Waals surface area contributed by atoms with Crippen molar-refractivity contribution >= 4 is 35.0 Å². The van der Waals surface area contributed by atoms with Crippen molar-refractivity contribution in [2.24, 2.45) is 0 Å². The zero-order valence-electron chi connectivity index (χ0n) is 20.8. The second-order valence-electron chi connectivity index (χ2n) is 9.72. The number of hydrogen-bond donors (Lipinski definition) is 1. The summed E-state index contributed by atoms with van der Waals surface area (Å²) in [5.41, 5.74) is 2.65. The van der Waals surface area contributed by atoms with Gasteiger partial charge in [0.1, 0.15) is 6.04 Å². The summed E-state index contributed by atoms with van der Waals surface area (Å²) in [6, 6.07) is 13.4. The molecule has 0 aromatic heterocycles. The van der Waals surface area contributed by atoms with Crippen molar-refractivity contribution in [1.29, 1.82) is 0 Å². The van der Waals surface area contributed by atoms with Crippen LogP contribution in [0.25, 0.3) is 0 Å². The third-order valence-corrected chi connectivity index (χ3v) is 6.89. The Balaban J connectivity index is 1.62. The monoisotopic (exact) mass is 498 g/mol. The van der Waals surface area contributed by atoms with Gasteiger partial charge in [0.25, 0.3) is 11.6 Å². The predicted octanol–water partition coefficient (Wildman–Crippen LogP) is 4.09. The number of nitro groups is 1. The van der Waals surface area contributed by atoms with E-state index in [9.17, 15) is 19.7 Å². The van der Waals surface area contributed by atoms with Crippen molar-refractivity contribution in [2.45, 2.75) is 38.6 Å². The van der Waals surface area contributed by atoms with Crippen molar-refractivity contribution in [3.05, 3.63) is 69.8 Å². The SMILES string of the molecule is CSCCC(NC(=O)c1ccc(C(C)(C)C)cc1)C(=O)N1CCN(c2ccc([N+](=O)[O-])cc2)CC1. The average molecular weight is 499 g/mol. The molecule has 0 aliphatic carbocycles. The Labute approximate surface area is 211 Å². The van der Waals surface area contributed by atoms with Crippen LogP contribution in [0.15, 0.2) is 48.5 Å². The fraction of sp³-hybridized carbons (Fsp3) is 0.462. The van der Waals surface area contributed by atoms with E-state index in [0.29, 0.717) is 38.2 Å². The number of nitro benzene ring substituents is 1. The normalized spacial score (nSPS) is 15.0. The van der Waals surface area contributed by atoms with Gasteiger partial charge in [0.2, 0.25) is 5.91 Å². The predicted molar refractivity (Wildman–Crippen MR) is 141 cm³/mol. The largest absolute Gasteiger partial charge is 0.368 e. The Morgan fingerprint density at radius 2 is 1.63 bits per heavy atom. The molecule has 0 saturated carbocycles. The summed E-state index contributed by atoms with van der Waals surface area (Å²) in [4.78, 5) is 40.6. The van der Waals surface area contributed by atoms with Crippen LogP contribution in [0.4, 0.5) is 11.4 Å². The van der Waals surface area contributed by atoms with Gasteiger partial charge in [-0.1, -0.05) is 32.9 Å². The van der Waals surface area contributed by atoms with Crippen LogP contribution in [0.1, 0.15) is 43.1 Å². The lowest BCUT2D eigenvalue weighted by atomic mass is 9.86. The third-order valence-electron chi connectivity index (χ3n) is 6.24. The molecule has 0 spiro atoms. The van der Waals surface area contributed by atoms with E-state index < -0.39 is 11.0 Å². The first-order valence-electron chi connectivity index (χ1n) is 11.8. The van der Waals surface area contributed by atoms with Gasteiger partial charge in [-0.2, -0.15) is 11.8 Å². The molecule has 1 saturated heterocycles. The molecule has 1 fully saturated rings. The standard InChI is InChI=1S/C26H34N4O4S/c1-26(2,3)20-7-5-19(6-8-20)24(31)27-23(13-18-35-4)25(32)29-16-14-28(15-17-29)21-9-11-22(12-10-21)30(33)34/h5-12,23H,13-18H2,1-4H3,(H,27,31). The molecule has 1 atom stereocenters. The summed E-state index contributed by atoms with van der Waals surface area (Å²) in [7, 11) is 0. The van der Waals surface area contributed by atoms with E-state index in [1.54, 1.807) is 28.8 Å². The van der Waals surface area contributed by atoms with Crippen LogP contribution in [0.2, 0.25) is 0 Å². The Hall–Kier alpha value is -3.07. The van der Waals surface area contributed by atoms with Gasteiger partial charge in [0.05, 0.1) is 4.92 Å². The van der Waals surface area contributed by atoms with Crippen LogP contribution < -0.4 is 10.2 Å². The molecule has 1 heterocycles. The van der Waals surface area contributed by atoms with E-state index in [2.05, 4.69) is 31.0 Å². The van der Waals surface area contributed by atoms with Gasteiger partial charge in [-0.3, -0.25) is 19.7 Å². The number of piperazine rings is 1. The van der Waals surface area contributed by atoms with E-state index in [1.807, 2.05) is 30.5 Å². The van der Waals surface area contributed by atoms with Gasteiger partial charge in [-0.25, -0.2) is 0 Å². The van der Waals surface area contributed by atoms with Crippen molar-refractivity contribution in [3.8, 4) is 0 Å². The number of nitrogens with one attached hydrogen (secondary N) is 1. The number of amides is 2. The molecule has 1 unspecified atom stereocenters. The van der Waals surface area contributed by atoms with Crippen molar-refractivity contribution in [3.63, 3.8) is 0 Å². The van der Waals surface area contributed by atoms with E-state index in [-0.39, 0.29) is 22.9 Å². The highest BCUT2D eigenvalue weighted by Crippen LogP contribution is 2.23. The summed E-state index contributed by atoms with van der Waals surface area (Å²) in [5, 5.41) is 13.8. The highest BCUT2D eigenvalue weighted by molar-refractivity contribution is 7.98. The van der Waals surface area contributed by atoms with Gasteiger partial charge in [0.15, 0.2) is 0 Å². The van der Waals surface area contributed by atoms with E-state index >= 15 is 0 Å². The maximum Gasteiger partial charge on any atom is 0.269 e. The number of benzene rings is 2. The first-order valence-corrected chi connectivity index (χ1v) is 13.2. The van der Waals surface area contributed by atoms with Crippen LogP contribution in [0, 0.1) is 10.1 Å². The van der Waals surface area contributed by atoms with Crippen LogP contribution in [0.3, 0.4) is 0 Å². The second kappa shape index (κ2) is 11.6. The lowest BCUT2D eigenvalue weighted by Crippen LogP contribution is -2.55. The van der Waals surface area contributed by atoms with Crippen LogP contribution >= 0.6 is 11.8 Å². The molecule has 188 valence electrons. The number of non-ortho nitro benzene ring substituents is 1. The van der Waals surface area contributed by atoms with Gasteiger partial charge in [-0.15, -0.1) is 0 Å². The minimum atomic E-state index is -0.580. The number of thioether (sulfide) groups is 1. The summed E-state index contributed by atoms with van der Waals surface area (Å²) in [6.45, 7) is 8.69. The molecule has 2 aromatic rings. The molecular formula is C26H34N4O4S. The lowest BCUT2D eigenvalue weighted by molar-refractivity contribution is -0.384. The molecule has 1 N–H and O–H groups in total. The van der Waals surface area contributed by atoms with Gasteiger partial charge in [0, 0.05) is 49.6 Å². The summed E-state index contributed by atoms with van der Waals surface area (Å²) in [6.07, 6.45) is 2.55. The number of hydrogen-bond acceptors (Lipinski definition) is 6. The van der Waals surface area contributed by atoms with Crippen molar-refractivity contribution < 1.29 is 14.5 Å². The molecule has 0 bridgehead atoms. The van der Waals surface area contributed by atoms with Crippen LogP contribution in [-0.2, 0) is 10.2 Å². The molecule has 0 radical (unpaired) electrons. The molecule has 35 heavy (non-hydrogen) atoms. The number of nitrogens with zero attached hydrogens (tertiary/aromatic N) is 3. The Kier molecular flexibility index (Phi) is 8.77. The van der Waals surface area contributed by atoms with Crippen LogP contribution in [-0.4, -0.2) is 65.9 Å². The molecule has 1 aliphatic heterocycles. The molecule has 3 rings (SSSR count). The molecule has 9 heteroatoms. The second-order valence-corrected chi connectivity index (χ2v) is 10.7. The average Bonchev–Trinajstić information content (AvgIpc) is 2.85. The van der Waals surface area contributed by atoms with E-state index in [1.165, 1.54) is 12.1 Å². The first kappa shape index (κ1) is 26.5. The molecule has 1 aliphatic rings. The minimum absolute atomic E-state index is 0.00245. The first-order chi connectivity index (χ1) is 16.6. The fourth-order valence-corrected chi connectivity index (χ4v) is 4.52. The minimum Gasteiger partial charge on any atom is -0.368 e. The Bertz CT molecular complexity index is 1030. The number of anilines is 1. The maximum absolute atomic E-state index is 13.3. The quantitative estimate of drug-likeness (QED) is 0.435. The van der Waals surface area contributed by atoms with E-state index in [4.69, 9.17) is 0 Å². The highest BCUT2D eigenvalue weighted by Gasteiger charge is 2.29. The molecular weight excluding hydrogens is 464 g/mol. The molecule has 2 amide bonds. The number of carbonyl (C=O) groups excluding carboxylic acids is 2. The zero-order chi connectivity index (χ0) is 25.6. The maximum atomic E-state index is 13.3. The smallest absolute Gasteiger partial charge is 0.269 e. The fourth-order valence-electron chi connectivity index (χ4n) is 4.05. The number of rotatable bonds is 8. The van der Waals surface area contributed by atoms with Gasteiger partial charge in [-0.05, 0) is 53.7 Å². The van der Waals surface area contributed by atoms with Crippen LogP contribution in [0.5, 0.6) is 0 Å². The summed E-state index contributed by atoms with van der Waals surface area (Å²) in [5.74, 6) is 0.457. The molecule has 8 nitrogen and oxygen atoms in total. The summed E-state index contributed by atoms with van der Waals surface area (Å²) < 4.78 is 0. The number of carbonyl (C=O) groups is 2. The van der Waals surface area contributed by atoms with Crippen molar-refractivity contribution in [2.75, 3.05) is 43.1 Å². The topological polar surface area (TPSA) is 95.8 Å².